The highest BCUT2D eigenvalue weighted by Gasteiger charge is 2.44. The zero-order chi connectivity index (χ0) is 26.3. The van der Waals surface area contributed by atoms with E-state index in [-0.39, 0.29) is 17.8 Å². The van der Waals surface area contributed by atoms with E-state index in [1.807, 2.05) is 51.1 Å². The Morgan fingerprint density at radius 1 is 1.22 bits per heavy atom. The summed E-state index contributed by atoms with van der Waals surface area (Å²) in [5.74, 6) is 0.441. The lowest BCUT2D eigenvalue weighted by Crippen LogP contribution is -2.53. The van der Waals surface area contributed by atoms with Crippen molar-refractivity contribution in [2.24, 2.45) is 10.7 Å². The first-order valence-corrected chi connectivity index (χ1v) is 12.6. The first-order valence-electron chi connectivity index (χ1n) is 12.6. The van der Waals surface area contributed by atoms with Gasteiger partial charge in [0, 0.05) is 11.1 Å². The maximum absolute atomic E-state index is 13.3. The molecule has 8 nitrogen and oxygen atoms in total. The second-order valence-electron chi connectivity index (χ2n) is 10.3. The number of aliphatic hydroxyl groups is 1. The van der Waals surface area contributed by atoms with Crippen LogP contribution in [0.5, 0.6) is 5.75 Å². The number of guanidine groups is 1. The molecule has 2 heterocycles. The van der Waals surface area contributed by atoms with Crippen molar-refractivity contribution in [3.8, 4) is 5.75 Å². The Labute approximate surface area is 212 Å². The molecule has 192 valence electrons. The third kappa shape index (κ3) is 4.57. The predicted molar refractivity (Wildman–Crippen MR) is 139 cm³/mol. The first kappa shape index (κ1) is 25.7. The summed E-state index contributed by atoms with van der Waals surface area (Å²) in [5.41, 5.74) is 6.86. The minimum atomic E-state index is -0.946. The van der Waals surface area contributed by atoms with Gasteiger partial charge in [0.15, 0.2) is 5.96 Å². The molecule has 3 atom stereocenters. The number of hydrogen-bond donors (Lipinski definition) is 3. The van der Waals surface area contributed by atoms with Crippen LogP contribution in [-0.4, -0.2) is 45.0 Å². The summed E-state index contributed by atoms with van der Waals surface area (Å²) in [6.07, 6.45) is 0.845. The summed E-state index contributed by atoms with van der Waals surface area (Å²) in [4.78, 5) is 32.6. The average Bonchev–Trinajstić information content (AvgIpc) is 2.85. The highest BCUT2D eigenvalue weighted by atomic mass is 16.5. The SMILES string of the molecule is CCC1(CC)CC(=O)N(C(C)c2cccc(C(=O)N[C@@H]3c4ccccc4OC(C)(C)[C@H]3O)c2)C(N)=N1. The molecule has 2 aliphatic heterocycles. The molecule has 0 bridgehead atoms. The average molecular weight is 493 g/mol. The Morgan fingerprint density at radius 3 is 2.58 bits per heavy atom. The topological polar surface area (TPSA) is 117 Å². The maximum Gasteiger partial charge on any atom is 0.251 e. The third-order valence-electron chi connectivity index (χ3n) is 7.62. The molecule has 0 saturated carbocycles. The fourth-order valence-corrected chi connectivity index (χ4v) is 5.12. The van der Waals surface area contributed by atoms with Gasteiger partial charge in [-0.15, -0.1) is 0 Å². The molecule has 0 radical (unpaired) electrons. The summed E-state index contributed by atoms with van der Waals surface area (Å²) in [6, 6.07) is 13.5. The van der Waals surface area contributed by atoms with Crippen molar-refractivity contribution >= 4 is 17.8 Å². The molecule has 36 heavy (non-hydrogen) atoms. The molecular formula is C28H36N4O4. The number of ether oxygens (including phenoxy) is 1. The van der Waals surface area contributed by atoms with Crippen LogP contribution in [0, 0.1) is 0 Å². The van der Waals surface area contributed by atoms with E-state index in [9.17, 15) is 14.7 Å². The van der Waals surface area contributed by atoms with Gasteiger partial charge in [0.25, 0.3) is 5.91 Å². The molecular weight excluding hydrogens is 456 g/mol. The van der Waals surface area contributed by atoms with Crippen LogP contribution in [0.2, 0.25) is 0 Å². The number of nitrogens with one attached hydrogen (secondary N) is 1. The maximum atomic E-state index is 13.3. The van der Waals surface area contributed by atoms with Gasteiger partial charge in [-0.25, -0.2) is 4.99 Å². The number of nitrogens with two attached hydrogens (primary N) is 1. The Kier molecular flexibility index (Phi) is 6.84. The number of fused-ring (bicyclic) bond motifs is 1. The molecule has 2 aliphatic rings. The summed E-state index contributed by atoms with van der Waals surface area (Å²) in [7, 11) is 0. The summed E-state index contributed by atoms with van der Waals surface area (Å²) >= 11 is 0. The van der Waals surface area contributed by atoms with Gasteiger partial charge in [-0.2, -0.15) is 0 Å². The molecule has 0 saturated heterocycles. The van der Waals surface area contributed by atoms with Crippen molar-refractivity contribution < 1.29 is 19.4 Å². The molecule has 0 aromatic heterocycles. The van der Waals surface area contributed by atoms with Gasteiger partial charge in [0.2, 0.25) is 5.91 Å². The van der Waals surface area contributed by atoms with Gasteiger partial charge in [0.05, 0.1) is 24.0 Å². The lowest BCUT2D eigenvalue weighted by Gasteiger charge is -2.42. The number of nitrogens with zero attached hydrogens (tertiary/aromatic N) is 2. The molecule has 2 aromatic rings. The van der Waals surface area contributed by atoms with Crippen LogP contribution in [0.25, 0.3) is 0 Å². The van der Waals surface area contributed by atoms with E-state index in [0.29, 0.717) is 17.7 Å². The molecule has 1 unspecified atom stereocenters. The molecule has 0 spiro atoms. The number of hydrogen-bond acceptors (Lipinski definition) is 6. The molecule has 2 aromatic carbocycles. The van der Waals surface area contributed by atoms with E-state index in [2.05, 4.69) is 10.3 Å². The van der Waals surface area contributed by atoms with E-state index in [1.54, 1.807) is 32.0 Å². The van der Waals surface area contributed by atoms with E-state index >= 15 is 0 Å². The Hall–Kier alpha value is -3.39. The zero-order valence-electron chi connectivity index (χ0n) is 21.6. The van der Waals surface area contributed by atoms with Gasteiger partial charge >= 0.3 is 0 Å². The number of aliphatic imine (C=N–C) groups is 1. The number of benzene rings is 2. The summed E-state index contributed by atoms with van der Waals surface area (Å²) < 4.78 is 5.96. The van der Waals surface area contributed by atoms with E-state index < -0.39 is 29.3 Å². The Balaban J connectivity index is 1.58. The highest BCUT2D eigenvalue weighted by molar-refractivity contribution is 5.99. The smallest absolute Gasteiger partial charge is 0.251 e. The number of rotatable bonds is 6. The molecule has 2 amide bonds. The number of carbonyl (C=O) groups is 2. The molecule has 8 heteroatoms. The van der Waals surface area contributed by atoms with Crippen molar-refractivity contribution in [2.75, 3.05) is 0 Å². The highest BCUT2D eigenvalue weighted by Crippen LogP contribution is 2.40. The Morgan fingerprint density at radius 2 is 1.92 bits per heavy atom. The number of para-hydroxylation sites is 1. The summed E-state index contributed by atoms with van der Waals surface area (Å²) in [6.45, 7) is 9.50. The van der Waals surface area contributed by atoms with Crippen molar-refractivity contribution in [3.05, 3.63) is 65.2 Å². The second-order valence-corrected chi connectivity index (χ2v) is 10.3. The predicted octanol–water partition coefficient (Wildman–Crippen LogP) is 3.86. The van der Waals surface area contributed by atoms with Gasteiger partial charge in [-0.3, -0.25) is 14.5 Å². The summed E-state index contributed by atoms with van der Waals surface area (Å²) in [5, 5.41) is 14.0. The molecule has 0 aliphatic carbocycles. The van der Waals surface area contributed by atoms with Crippen LogP contribution in [-0.2, 0) is 4.79 Å². The van der Waals surface area contributed by atoms with Crippen LogP contribution >= 0.6 is 0 Å². The van der Waals surface area contributed by atoms with E-state index in [0.717, 1.165) is 24.0 Å². The lowest BCUT2D eigenvalue weighted by atomic mass is 9.86. The fourth-order valence-electron chi connectivity index (χ4n) is 5.12. The third-order valence-corrected chi connectivity index (χ3v) is 7.62. The largest absolute Gasteiger partial charge is 0.485 e. The van der Waals surface area contributed by atoms with E-state index in [4.69, 9.17) is 10.5 Å². The van der Waals surface area contributed by atoms with Crippen LogP contribution in [0.3, 0.4) is 0 Å². The Bertz CT molecular complexity index is 1190. The lowest BCUT2D eigenvalue weighted by molar-refractivity contribution is -0.131. The molecule has 4 rings (SSSR count). The first-order chi connectivity index (χ1) is 17.0. The standard InChI is InChI=1S/C28H36N4O4/c1-6-28(7-2)16-22(33)32(26(29)31-28)17(3)18-11-10-12-19(15-18)25(35)30-23-20-13-8-9-14-21(20)36-27(4,5)24(23)34/h8-15,17,23-24,34H,6-7,16H2,1-5H3,(H2,29,31)(H,30,35)/t17?,23-,24+/m1/s1. The molecule has 4 N–H and O–H groups in total. The van der Waals surface area contributed by atoms with Crippen molar-refractivity contribution in [1.82, 2.24) is 10.2 Å². The number of amides is 2. The minimum Gasteiger partial charge on any atom is -0.485 e. The van der Waals surface area contributed by atoms with Crippen LogP contribution in [0.1, 0.15) is 87.4 Å². The van der Waals surface area contributed by atoms with Crippen molar-refractivity contribution in [2.45, 2.75) is 83.2 Å². The van der Waals surface area contributed by atoms with Crippen LogP contribution in [0.4, 0.5) is 0 Å². The normalized spacial score (nSPS) is 23.2. The monoisotopic (exact) mass is 492 g/mol. The fraction of sp³-hybridized carbons (Fsp3) is 0.464. The van der Waals surface area contributed by atoms with E-state index in [1.165, 1.54) is 4.90 Å². The second kappa shape index (κ2) is 9.58. The van der Waals surface area contributed by atoms with Gasteiger partial charge < -0.3 is 20.9 Å². The minimum absolute atomic E-state index is 0.0716. The number of carbonyl (C=O) groups excluding carboxylic acids is 2. The van der Waals surface area contributed by atoms with Gasteiger partial charge in [0.1, 0.15) is 17.5 Å². The van der Waals surface area contributed by atoms with Crippen molar-refractivity contribution in [3.63, 3.8) is 0 Å². The quantitative estimate of drug-likeness (QED) is 0.566. The van der Waals surface area contributed by atoms with Gasteiger partial charge in [-0.1, -0.05) is 44.2 Å². The zero-order valence-corrected chi connectivity index (χ0v) is 21.6. The van der Waals surface area contributed by atoms with Crippen LogP contribution in [0.15, 0.2) is 53.5 Å². The molecule has 0 fully saturated rings. The van der Waals surface area contributed by atoms with Gasteiger partial charge in [-0.05, 0) is 57.4 Å². The van der Waals surface area contributed by atoms with Crippen LogP contribution < -0.4 is 15.8 Å². The number of aliphatic hydroxyl groups excluding tert-OH is 1. The van der Waals surface area contributed by atoms with Crippen molar-refractivity contribution in [1.29, 1.82) is 0 Å².